The molecule has 0 aliphatic rings. The number of para-hydroxylation sites is 1. The summed E-state index contributed by atoms with van der Waals surface area (Å²) in [6, 6.07) is 21.4. The number of ether oxygens (including phenoxy) is 1. The lowest BCUT2D eigenvalue weighted by atomic mass is 10.2. The predicted molar refractivity (Wildman–Crippen MR) is 150 cm³/mol. The molecule has 180 valence electrons. The SMILES string of the molecule is CCCCCCOc1ccccc1C(=O)NC(=S)Nc1ccc(-c2nc3ccc(C)cc3s2)cc1. The van der Waals surface area contributed by atoms with Gasteiger partial charge in [0.25, 0.3) is 5.91 Å². The van der Waals surface area contributed by atoms with Crippen molar-refractivity contribution in [2.45, 2.75) is 39.5 Å². The summed E-state index contributed by atoms with van der Waals surface area (Å²) in [7, 11) is 0. The molecule has 4 aromatic rings. The van der Waals surface area contributed by atoms with E-state index < -0.39 is 0 Å². The van der Waals surface area contributed by atoms with Crippen LogP contribution in [0.1, 0.15) is 48.5 Å². The van der Waals surface area contributed by atoms with Gasteiger partial charge in [-0.15, -0.1) is 11.3 Å². The molecule has 0 aliphatic heterocycles. The van der Waals surface area contributed by atoms with Gasteiger partial charge < -0.3 is 10.1 Å². The fourth-order valence-corrected chi connectivity index (χ4v) is 4.96. The number of carbonyl (C=O) groups is 1. The first kappa shape index (κ1) is 24.8. The first-order valence-electron chi connectivity index (χ1n) is 11.9. The summed E-state index contributed by atoms with van der Waals surface area (Å²) in [5.74, 6) is 0.271. The maximum Gasteiger partial charge on any atom is 0.261 e. The van der Waals surface area contributed by atoms with Gasteiger partial charge in [-0.2, -0.15) is 0 Å². The van der Waals surface area contributed by atoms with Crippen molar-refractivity contribution in [3.63, 3.8) is 0 Å². The number of carbonyl (C=O) groups excluding carboxylic acids is 1. The topological polar surface area (TPSA) is 63.2 Å². The maximum atomic E-state index is 12.8. The van der Waals surface area contributed by atoms with Crippen molar-refractivity contribution in [3.05, 3.63) is 77.9 Å². The minimum Gasteiger partial charge on any atom is -0.493 e. The molecule has 0 radical (unpaired) electrons. The molecule has 0 fully saturated rings. The van der Waals surface area contributed by atoms with Gasteiger partial charge in [-0.1, -0.05) is 44.4 Å². The number of fused-ring (bicyclic) bond motifs is 1. The van der Waals surface area contributed by atoms with Crippen molar-refractivity contribution in [2.75, 3.05) is 11.9 Å². The smallest absolute Gasteiger partial charge is 0.261 e. The van der Waals surface area contributed by atoms with Gasteiger partial charge in [-0.25, -0.2) is 4.98 Å². The van der Waals surface area contributed by atoms with Crippen LogP contribution in [0.3, 0.4) is 0 Å². The van der Waals surface area contributed by atoms with Gasteiger partial charge >= 0.3 is 0 Å². The molecule has 2 N–H and O–H groups in total. The normalized spacial score (nSPS) is 10.8. The van der Waals surface area contributed by atoms with Crippen molar-refractivity contribution < 1.29 is 9.53 Å². The molecule has 4 rings (SSSR count). The number of nitrogens with zero attached hydrogens (tertiary/aromatic N) is 1. The number of amides is 1. The number of unbranched alkanes of at least 4 members (excludes halogenated alkanes) is 3. The molecule has 1 heterocycles. The number of nitrogens with one attached hydrogen (secondary N) is 2. The van der Waals surface area contributed by atoms with Crippen LogP contribution in [0.25, 0.3) is 20.8 Å². The Bertz CT molecular complexity index is 1320. The zero-order valence-corrected chi connectivity index (χ0v) is 21.6. The Balaban J connectivity index is 1.35. The molecule has 5 nitrogen and oxygen atoms in total. The van der Waals surface area contributed by atoms with E-state index in [0.717, 1.165) is 34.6 Å². The minimum absolute atomic E-state index is 0.232. The summed E-state index contributed by atoms with van der Waals surface area (Å²) < 4.78 is 7.04. The second-order valence-electron chi connectivity index (χ2n) is 8.38. The molecule has 1 aromatic heterocycles. The number of thiazole rings is 1. The second-order valence-corrected chi connectivity index (χ2v) is 9.82. The van der Waals surface area contributed by atoms with E-state index in [0.29, 0.717) is 17.9 Å². The first-order valence-corrected chi connectivity index (χ1v) is 13.1. The van der Waals surface area contributed by atoms with Crippen LogP contribution in [0.2, 0.25) is 0 Å². The predicted octanol–water partition coefficient (Wildman–Crippen LogP) is 7.36. The van der Waals surface area contributed by atoms with Crippen molar-refractivity contribution >= 4 is 50.5 Å². The molecular formula is C28H29N3O2S2. The van der Waals surface area contributed by atoms with Crippen molar-refractivity contribution in [1.82, 2.24) is 10.3 Å². The van der Waals surface area contributed by atoms with Crippen LogP contribution in [0.5, 0.6) is 5.75 Å². The Hall–Kier alpha value is -3.29. The van der Waals surface area contributed by atoms with Crippen LogP contribution in [-0.4, -0.2) is 22.6 Å². The van der Waals surface area contributed by atoms with Crippen LogP contribution in [0, 0.1) is 6.92 Å². The largest absolute Gasteiger partial charge is 0.493 e. The third-order valence-electron chi connectivity index (χ3n) is 5.55. The van der Waals surface area contributed by atoms with Crippen molar-refractivity contribution in [2.24, 2.45) is 0 Å². The highest BCUT2D eigenvalue weighted by Gasteiger charge is 2.14. The third kappa shape index (κ3) is 6.65. The number of rotatable bonds is 9. The second kappa shape index (κ2) is 11.9. The van der Waals surface area contributed by atoms with E-state index in [9.17, 15) is 4.79 Å². The zero-order valence-electron chi connectivity index (χ0n) is 20.0. The van der Waals surface area contributed by atoms with Gasteiger partial charge in [0.15, 0.2) is 5.11 Å². The van der Waals surface area contributed by atoms with Gasteiger partial charge in [0.2, 0.25) is 0 Å². The van der Waals surface area contributed by atoms with Gasteiger partial charge in [-0.3, -0.25) is 10.1 Å². The van der Waals surface area contributed by atoms with E-state index in [1.165, 1.54) is 23.1 Å². The lowest BCUT2D eigenvalue weighted by molar-refractivity contribution is 0.0973. The average Bonchev–Trinajstić information content (AvgIpc) is 3.27. The lowest BCUT2D eigenvalue weighted by Gasteiger charge is -2.13. The number of anilines is 1. The summed E-state index contributed by atoms with van der Waals surface area (Å²) in [4.78, 5) is 17.6. The Morgan fingerprint density at radius 3 is 2.63 bits per heavy atom. The van der Waals surface area contributed by atoms with Crippen LogP contribution < -0.4 is 15.4 Å². The minimum atomic E-state index is -0.298. The molecule has 3 aromatic carbocycles. The highest BCUT2D eigenvalue weighted by Crippen LogP contribution is 2.31. The van der Waals surface area contributed by atoms with E-state index >= 15 is 0 Å². The molecule has 35 heavy (non-hydrogen) atoms. The summed E-state index contributed by atoms with van der Waals surface area (Å²) in [6.07, 6.45) is 4.45. The lowest BCUT2D eigenvalue weighted by Crippen LogP contribution is -2.34. The fourth-order valence-electron chi connectivity index (χ4n) is 3.68. The van der Waals surface area contributed by atoms with E-state index in [4.69, 9.17) is 21.9 Å². The van der Waals surface area contributed by atoms with E-state index in [2.05, 4.69) is 42.7 Å². The third-order valence-corrected chi connectivity index (χ3v) is 6.82. The molecule has 0 atom stereocenters. The van der Waals surface area contributed by atoms with Gasteiger partial charge in [0, 0.05) is 11.3 Å². The molecule has 1 amide bonds. The highest BCUT2D eigenvalue weighted by molar-refractivity contribution is 7.80. The number of aromatic nitrogens is 1. The molecule has 0 unspecified atom stereocenters. The zero-order chi connectivity index (χ0) is 24.6. The number of hydrogen-bond donors (Lipinski definition) is 2. The van der Waals surface area contributed by atoms with Crippen LogP contribution in [-0.2, 0) is 0 Å². The summed E-state index contributed by atoms with van der Waals surface area (Å²) >= 11 is 7.05. The Kier molecular flexibility index (Phi) is 8.45. The highest BCUT2D eigenvalue weighted by atomic mass is 32.1. The Morgan fingerprint density at radius 1 is 1.03 bits per heavy atom. The van der Waals surface area contributed by atoms with Crippen LogP contribution >= 0.6 is 23.6 Å². The summed E-state index contributed by atoms with van der Waals surface area (Å²) in [6.45, 7) is 4.85. The summed E-state index contributed by atoms with van der Waals surface area (Å²) in [5, 5.41) is 7.04. The first-order chi connectivity index (χ1) is 17.0. The fraction of sp³-hybridized carbons (Fsp3) is 0.250. The van der Waals surface area contributed by atoms with Crippen LogP contribution in [0.15, 0.2) is 66.7 Å². The van der Waals surface area contributed by atoms with E-state index in [-0.39, 0.29) is 11.0 Å². The molecule has 0 saturated carbocycles. The number of thiocarbonyl (C=S) groups is 1. The van der Waals surface area contributed by atoms with Crippen molar-refractivity contribution in [3.8, 4) is 16.3 Å². The summed E-state index contributed by atoms with van der Waals surface area (Å²) in [5.41, 5.74) is 4.52. The quantitative estimate of drug-likeness (QED) is 0.185. The molecule has 0 saturated heterocycles. The van der Waals surface area contributed by atoms with Crippen LogP contribution in [0.4, 0.5) is 5.69 Å². The average molecular weight is 504 g/mol. The molecule has 7 heteroatoms. The van der Waals surface area contributed by atoms with Gasteiger partial charge in [-0.05, 0) is 79.7 Å². The monoisotopic (exact) mass is 503 g/mol. The molecule has 0 aliphatic carbocycles. The van der Waals surface area contributed by atoms with Gasteiger partial charge in [0.05, 0.1) is 22.4 Å². The Labute approximate surface area is 215 Å². The molecular weight excluding hydrogens is 474 g/mol. The standard InChI is InChI=1S/C28H29N3O2S2/c1-3-4-5-8-17-33-24-10-7-6-9-22(24)26(32)31-28(34)29-21-14-12-20(13-15-21)27-30-23-16-11-19(2)18-25(23)35-27/h6-7,9-16,18H,3-5,8,17H2,1-2H3,(H2,29,31,32,34). The molecule has 0 spiro atoms. The van der Waals surface area contributed by atoms with Gasteiger partial charge in [0.1, 0.15) is 10.8 Å². The molecule has 0 bridgehead atoms. The number of aryl methyl sites for hydroxylation is 1. The van der Waals surface area contributed by atoms with E-state index in [1.54, 1.807) is 17.4 Å². The number of benzene rings is 3. The Morgan fingerprint density at radius 2 is 1.83 bits per heavy atom. The maximum absolute atomic E-state index is 12.8. The van der Waals surface area contributed by atoms with E-state index in [1.807, 2.05) is 42.5 Å². The van der Waals surface area contributed by atoms with Crippen molar-refractivity contribution in [1.29, 1.82) is 0 Å². The number of hydrogen-bond acceptors (Lipinski definition) is 5.